The largest absolute Gasteiger partial charge is 0.377 e. The Kier molecular flexibility index (Phi) is 4.16. The van der Waals surface area contributed by atoms with E-state index >= 15 is 0 Å². The molecule has 132 valence electrons. The molecule has 4 rings (SSSR count). The molecule has 2 aromatic rings. The maximum Gasteiger partial charge on any atom is 0.224 e. The van der Waals surface area contributed by atoms with Crippen molar-refractivity contribution in [2.24, 2.45) is 11.8 Å². The Morgan fingerprint density at radius 1 is 1.15 bits per heavy atom. The van der Waals surface area contributed by atoms with Gasteiger partial charge in [0.1, 0.15) is 6.07 Å². The highest BCUT2D eigenvalue weighted by atomic mass is 16.2. The molecule has 1 aliphatic carbocycles. The van der Waals surface area contributed by atoms with Gasteiger partial charge < -0.3 is 10.2 Å². The third-order valence-corrected chi connectivity index (χ3v) is 5.70. The van der Waals surface area contributed by atoms with E-state index in [0.29, 0.717) is 11.5 Å². The number of rotatable bonds is 3. The first-order valence-electron chi connectivity index (χ1n) is 9.26. The molecule has 0 spiro atoms. The summed E-state index contributed by atoms with van der Waals surface area (Å²) in [6.07, 6.45) is 2.37. The molecule has 0 saturated heterocycles. The minimum atomic E-state index is 0.0712. The molecule has 2 aliphatic rings. The first-order valence-corrected chi connectivity index (χ1v) is 9.26. The Balaban J connectivity index is 1.80. The van der Waals surface area contributed by atoms with Crippen LogP contribution in [-0.2, 0) is 4.79 Å². The minimum Gasteiger partial charge on any atom is -0.377 e. The molecule has 4 heteroatoms. The Morgan fingerprint density at radius 2 is 1.85 bits per heavy atom. The standard InChI is InChI=1S/C22H23N3O/c1-14-21(24-19-9-5-3-7-17(19)13-23)18-8-4-6-10-20(18)25(15(2)26)22(14)16-11-12-16/h3-10,14,16,21-22,24H,11-12H2,1-2H3. The molecular formula is C22H23N3O. The molecule has 4 nitrogen and oxygen atoms in total. The number of nitrogens with one attached hydrogen (secondary N) is 1. The molecule has 26 heavy (non-hydrogen) atoms. The van der Waals surface area contributed by atoms with E-state index in [4.69, 9.17) is 0 Å². The fraction of sp³-hybridized carbons (Fsp3) is 0.364. The van der Waals surface area contributed by atoms with Crippen LogP contribution in [0.4, 0.5) is 11.4 Å². The van der Waals surface area contributed by atoms with Crippen molar-refractivity contribution in [2.45, 2.75) is 38.8 Å². The summed E-state index contributed by atoms with van der Waals surface area (Å²) >= 11 is 0. The second-order valence-electron chi connectivity index (χ2n) is 7.41. The van der Waals surface area contributed by atoms with Gasteiger partial charge in [0, 0.05) is 24.6 Å². The van der Waals surface area contributed by atoms with Crippen LogP contribution in [0.25, 0.3) is 0 Å². The van der Waals surface area contributed by atoms with Crippen LogP contribution in [0.15, 0.2) is 48.5 Å². The number of benzene rings is 2. The predicted molar refractivity (Wildman–Crippen MR) is 103 cm³/mol. The Hall–Kier alpha value is -2.80. The van der Waals surface area contributed by atoms with Crippen molar-refractivity contribution in [2.75, 3.05) is 10.2 Å². The summed E-state index contributed by atoms with van der Waals surface area (Å²) in [5.74, 6) is 0.933. The molecule has 1 aliphatic heterocycles. The molecule has 1 heterocycles. The Labute approximate surface area is 154 Å². The highest BCUT2D eigenvalue weighted by Gasteiger charge is 2.47. The SMILES string of the molecule is CC(=O)N1c2ccccc2C(Nc2ccccc2C#N)C(C)C1C1CC1. The van der Waals surface area contributed by atoms with E-state index in [2.05, 4.69) is 24.4 Å². The maximum absolute atomic E-state index is 12.5. The summed E-state index contributed by atoms with van der Waals surface area (Å²) in [5, 5.41) is 13.0. The number of nitrogens with zero attached hydrogens (tertiary/aromatic N) is 2. The van der Waals surface area contributed by atoms with Crippen molar-refractivity contribution < 1.29 is 4.79 Å². The zero-order chi connectivity index (χ0) is 18.3. The highest BCUT2D eigenvalue weighted by molar-refractivity contribution is 5.94. The zero-order valence-electron chi connectivity index (χ0n) is 15.1. The zero-order valence-corrected chi connectivity index (χ0v) is 15.1. The van der Waals surface area contributed by atoms with Crippen molar-refractivity contribution in [3.8, 4) is 6.07 Å². The molecule has 1 amide bonds. The number of fused-ring (bicyclic) bond motifs is 1. The van der Waals surface area contributed by atoms with Gasteiger partial charge in [0.05, 0.1) is 17.3 Å². The third kappa shape index (κ3) is 2.74. The molecule has 3 unspecified atom stereocenters. The van der Waals surface area contributed by atoms with Crippen molar-refractivity contribution in [3.63, 3.8) is 0 Å². The van der Waals surface area contributed by atoms with Crippen LogP contribution in [-0.4, -0.2) is 11.9 Å². The van der Waals surface area contributed by atoms with E-state index in [-0.39, 0.29) is 23.9 Å². The molecule has 0 radical (unpaired) electrons. The third-order valence-electron chi connectivity index (χ3n) is 5.70. The van der Waals surface area contributed by atoms with Gasteiger partial charge in [0.25, 0.3) is 0 Å². The molecule has 0 bridgehead atoms. The number of para-hydroxylation sites is 2. The van der Waals surface area contributed by atoms with E-state index in [1.807, 2.05) is 47.4 Å². The van der Waals surface area contributed by atoms with Gasteiger partial charge in [-0.25, -0.2) is 0 Å². The number of amides is 1. The van der Waals surface area contributed by atoms with Gasteiger partial charge in [-0.1, -0.05) is 37.3 Å². The summed E-state index contributed by atoms with van der Waals surface area (Å²) in [5.41, 5.74) is 3.63. The fourth-order valence-corrected chi connectivity index (χ4v) is 4.39. The maximum atomic E-state index is 12.5. The number of hydrogen-bond donors (Lipinski definition) is 1. The molecule has 1 saturated carbocycles. The van der Waals surface area contributed by atoms with Crippen molar-refractivity contribution in [1.29, 1.82) is 5.26 Å². The summed E-state index contributed by atoms with van der Waals surface area (Å²) in [7, 11) is 0. The predicted octanol–water partition coefficient (Wildman–Crippen LogP) is 4.49. The van der Waals surface area contributed by atoms with Gasteiger partial charge in [-0.2, -0.15) is 5.26 Å². The Morgan fingerprint density at radius 3 is 2.54 bits per heavy atom. The lowest BCUT2D eigenvalue weighted by Gasteiger charge is -2.46. The molecule has 1 fully saturated rings. The highest BCUT2D eigenvalue weighted by Crippen LogP contribution is 2.50. The lowest BCUT2D eigenvalue weighted by atomic mass is 9.80. The second-order valence-corrected chi connectivity index (χ2v) is 7.41. The van der Waals surface area contributed by atoms with Crippen LogP contribution in [0.3, 0.4) is 0 Å². The number of carbonyl (C=O) groups is 1. The van der Waals surface area contributed by atoms with Gasteiger partial charge in [0.15, 0.2) is 0 Å². The van der Waals surface area contributed by atoms with Crippen LogP contribution in [0.2, 0.25) is 0 Å². The number of nitriles is 1. The van der Waals surface area contributed by atoms with E-state index in [1.54, 1.807) is 6.92 Å². The lowest BCUT2D eigenvalue weighted by Crippen LogP contribution is -2.51. The number of anilines is 2. The summed E-state index contributed by atoms with van der Waals surface area (Å²) < 4.78 is 0. The molecule has 3 atom stereocenters. The quantitative estimate of drug-likeness (QED) is 0.891. The number of hydrogen-bond acceptors (Lipinski definition) is 3. The normalized spacial score (nSPS) is 24.5. The van der Waals surface area contributed by atoms with E-state index < -0.39 is 0 Å². The van der Waals surface area contributed by atoms with E-state index in [9.17, 15) is 10.1 Å². The first kappa shape index (κ1) is 16.7. The lowest BCUT2D eigenvalue weighted by molar-refractivity contribution is -0.117. The van der Waals surface area contributed by atoms with Crippen LogP contribution in [0.5, 0.6) is 0 Å². The Bertz CT molecular complexity index is 881. The van der Waals surface area contributed by atoms with Gasteiger partial charge in [0.2, 0.25) is 5.91 Å². The van der Waals surface area contributed by atoms with Gasteiger partial charge >= 0.3 is 0 Å². The summed E-state index contributed by atoms with van der Waals surface area (Å²) in [4.78, 5) is 14.5. The minimum absolute atomic E-state index is 0.0712. The van der Waals surface area contributed by atoms with Gasteiger partial charge in [-0.15, -0.1) is 0 Å². The van der Waals surface area contributed by atoms with Crippen LogP contribution >= 0.6 is 0 Å². The molecular weight excluding hydrogens is 322 g/mol. The average Bonchev–Trinajstić information content (AvgIpc) is 3.48. The van der Waals surface area contributed by atoms with Crippen LogP contribution in [0.1, 0.15) is 43.9 Å². The second kappa shape index (κ2) is 6.49. The average molecular weight is 345 g/mol. The topological polar surface area (TPSA) is 56.1 Å². The molecule has 1 N–H and O–H groups in total. The summed E-state index contributed by atoms with van der Waals surface area (Å²) in [6, 6.07) is 18.3. The van der Waals surface area contributed by atoms with Crippen LogP contribution in [0, 0.1) is 23.2 Å². The molecule has 2 aromatic carbocycles. The number of carbonyl (C=O) groups excluding carboxylic acids is 1. The van der Waals surface area contributed by atoms with E-state index in [0.717, 1.165) is 16.9 Å². The monoisotopic (exact) mass is 345 g/mol. The first-order chi connectivity index (χ1) is 12.6. The van der Waals surface area contributed by atoms with Crippen molar-refractivity contribution >= 4 is 17.3 Å². The van der Waals surface area contributed by atoms with Gasteiger partial charge in [-0.3, -0.25) is 4.79 Å². The fourth-order valence-electron chi connectivity index (χ4n) is 4.39. The van der Waals surface area contributed by atoms with Crippen LogP contribution < -0.4 is 10.2 Å². The van der Waals surface area contributed by atoms with Gasteiger partial charge in [-0.05, 0) is 42.5 Å². The molecule has 0 aromatic heterocycles. The smallest absolute Gasteiger partial charge is 0.224 e. The van der Waals surface area contributed by atoms with Crippen molar-refractivity contribution in [3.05, 3.63) is 59.7 Å². The summed E-state index contributed by atoms with van der Waals surface area (Å²) in [6.45, 7) is 3.89. The van der Waals surface area contributed by atoms with Crippen molar-refractivity contribution in [1.82, 2.24) is 0 Å². The van der Waals surface area contributed by atoms with E-state index in [1.165, 1.54) is 12.8 Å².